The Balaban J connectivity index is 2.62. The molecule has 3 aromatic rings. The zero-order valence-electron chi connectivity index (χ0n) is 12.7. The molecular weight excluding hydrogens is 304 g/mol. The van der Waals surface area contributed by atoms with E-state index in [1.54, 1.807) is 35.4 Å². The number of aromatic nitrogens is 4. The van der Waals surface area contributed by atoms with Crippen molar-refractivity contribution in [3.05, 3.63) is 23.1 Å². The zero-order valence-corrected chi connectivity index (χ0v) is 12.7. The van der Waals surface area contributed by atoms with Gasteiger partial charge in [0.2, 0.25) is 0 Å². The van der Waals surface area contributed by atoms with Crippen LogP contribution in [-0.4, -0.2) is 19.1 Å². The average molecular weight is 312 g/mol. The number of hydrogen-bond acceptors (Lipinski definition) is 6. The number of benzene rings is 1. The molecule has 0 N–H and O–H groups in total. The van der Waals surface area contributed by atoms with E-state index in [2.05, 4.69) is 9.97 Å². The fraction of sp³-hybridized carbons (Fsp3) is 0.125. The summed E-state index contributed by atoms with van der Waals surface area (Å²) in [6.45, 7) is 0. The van der Waals surface area contributed by atoms with Crippen molar-refractivity contribution < 1.29 is 0 Å². The second-order valence-electron chi connectivity index (χ2n) is 4.99. The first-order valence-electron chi connectivity index (χ1n) is 6.74. The van der Waals surface area contributed by atoms with Crippen LogP contribution in [0.15, 0.2) is 12.1 Å². The molecule has 0 saturated heterocycles. The van der Waals surface area contributed by atoms with Crippen LogP contribution in [0, 0.1) is 45.3 Å². The minimum atomic E-state index is -0.0979. The van der Waals surface area contributed by atoms with Crippen LogP contribution in [0.5, 0.6) is 0 Å². The van der Waals surface area contributed by atoms with E-state index in [1.807, 2.05) is 24.3 Å². The molecule has 0 fully saturated rings. The first-order chi connectivity index (χ1) is 11.6. The average Bonchev–Trinajstić information content (AvgIpc) is 3.10. The lowest BCUT2D eigenvalue weighted by Gasteiger charge is -1.97. The third kappa shape index (κ3) is 1.82. The molecule has 0 spiro atoms. The molecule has 112 valence electrons. The Morgan fingerprint density at radius 3 is 1.38 bits per heavy atom. The summed E-state index contributed by atoms with van der Waals surface area (Å²) >= 11 is 0. The van der Waals surface area contributed by atoms with Gasteiger partial charge in [-0.1, -0.05) is 0 Å². The van der Waals surface area contributed by atoms with Crippen LogP contribution in [0.4, 0.5) is 0 Å². The minimum absolute atomic E-state index is 0.0979. The van der Waals surface area contributed by atoms with E-state index in [0.717, 1.165) is 0 Å². The van der Waals surface area contributed by atoms with Gasteiger partial charge in [-0.3, -0.25) is 0 Å². The smallest absolute Gasteiger partial charge is 0.172 e. The molecule has 24 heavy (non-hydrogen) atoms. The van der Waals surface area contributed by atoms with Crippen molar-refractivity contribution >= 4 is 33.2 Å². The van der Waals surface area contributed by atoms with E-state index in [0.29, 0.717) is 22.1 Å². The van der Waals surface area contributed by atoms with Gasteiger partial charge in [0.15, 0.2) is 22.1 Å². The molecule has 0 radical (unpaired) electrons. The molecule has 0 bridgehead atoms. The Labute approximate surface area is 135 Å². The number of fused-ring (bicyclic) bond motifs is 3. The summed E-state index contributed by atoms with van der Waals surface area (Å²) in [6.07, 6.45) is 0. The van der Waals surface area contributed by atoms with Gasteiger partial charge in [0.25, 0.3) is 0 Å². The van der Waals surface area contributed by atoms with Gasteiger partial charge in [0.05, 0.1) is 11.0 Å². The molecule has 8 heteroatoms. The highest BCUT2D eigenvalue weighted by Crippen LogP contribution is 2.20. The number of hydrogen-bond donors (Lipinski definition) is 0. The van der Waals surface area contributed by atoms with E-state index >= 15 is 0 Å². The van der Waals surface area contributed by atoms with Crippen LogP contribution in [0.25, 0.3) is 33.2 Å². The van der Waals surface area contributed by atoms with E-state index in [4.69, 9.17) is 21.0 Å². The van der Waals surface area contributed by atoms with E-state index in [1.165, 1.54) is 0 Å². The van der Waals surface area contributed by atoms with E-state index in [-0.39, 0.29) is 22.1 Å². The van der Waals surface area contributed by atoms with Gasteiger partial charge in [0, 0.05) is 14.1 Å². The van der Waals surface area contributed by atoms with Gasteiger partial charge >= 0.3 is 0 Å². The Morgan fingerprint density at radius 2 is 1.08 bits per heavy atom. The molecule has 0 amide bonds. The van der Waals surface area contributed by atoms with Crippen molar-refractivity contribution in [3.8, 4) is 24.3 Å². The molecular formula is C16H8N8. The van der Waals surface area contributed by atoms with Gasteiger partial charge in [-0.25, -0.2) is 9.97 Å². The van der Waals surface area contributed by atoms with Crippen molar-refractivity contribution in [2.75, 3.05) is 0 Å². The lowest BCUT2D eigenvalue weighted by atomic mass is 10.2. The minimum Gasteiger partial charge on any atom is -0.326 e. The Bertz CT molecular complexity index is 1170. The molecule has 0 saturated carbocycles. The standard InChI is InChI=1S/C16H8N8/c1-23-11-3-4-12-14(13(11)21-15(23)9(5-17)6-18)22-16(24(12)2)10(7-19)8-20/h3-4H,1-2H3. The second-order valence-corrected chi connectivity index (χ2v) is 4.99. The molecule has 0 aliphatic carbocycles. The SMILES string of the molecule is Cn1c(=C(C#N)C#N)nc2c3nc(=C(C#N)C#N)n(C)c3ccc21. The number of nitrogens with zero attached hydrogens (tertiary/aromatic N) is 8. The number of aryl methyl sites for hydroxylation is 2. The summed E-state index contributed by atoms with van der Waals surface area (Å²) in [5.41, 5.74) is 2.70. The summed E-state index contributed by atoms with van der Waals surface area (Å²) < 4.78 is 3.29. The number of nitriles is 4. The van der Waals surface area contributed by atoms with Gasteiger partial charge in [-0.15, -0.1) is 0 Å². The van der Waals surface area contributed by atoms with Crippen LogP contribution < -0.4 is 11.0 Å². The molecule has 2 aromatic heterocycles. The van der Waals surface area contributed by atoms with Crippen LogP contribution in [0.3, 0.4) is 0 Å². The predicted octanol–water partition coefficient (Wildman–Crippen LogP) is -0.144. The zero-order chi connectivity index (χ0) is 17.4. The Hall–Kier alpha value is -4.14. The molecule has 1 aromatic carbocycles. The molecule has 0 unspecified atom stereocenters. The summed E-state index contributed by atoms with van der Waals surface area (Å²) in [7, 11) is 3.41. The van der Waals surface area contributed by atoms with E-state index in [9.17, 15) is 0 Å². The summed E-state index contributed by atoms with van der Waals surface area (Å²) in [5.74, 6) is 0. The van der Waals surface area contributed by atoms with Crippen molar-refractivity contribution in [1.29, 1.82) is 21.0 Å². The second kappa shape index (κ2) is 5.25. The summed E-state index contributed by atoms with van der Waals surface area (Å²) in [4.78, 5) is 8.76. The van der Waals surface area contributed by atoms with Crippen molar-refractivity contribution in [3.63, 3.8) is 0 Å². The lowest BCUT2D eigenvalue weighted by molar-refractivity contribution is 0.893. The van der Waals surface area contributed by atoms with Crippen molar-refractivity contribution in [2.24, 2.45) is 14.1 Å². The first-order valence-corrected chi connectivity index (χ1v) is 6.74. The van der Waals surface area contributed by atoms with Crippen LogP contribution in [-0.2, 0) is 14.1 Å². The van der Waals surface area contributed by atoms with E-state index < -0.39 is 0 Å². The molecule has 8 nitrogen and oxygen atoms in total. The van der Waals surface area contributed by atoms with Crippen LogP contribution in [0.2, 0.25) is 0 Å². The molecule has 2 heterocycles. The molecule has 0 atom stereocenters. The Kier molecular flexibility index (Phi) is 3.23. The first kappa shape index (κ1) is 14.8. The maximum Gasteiger partial charge on any atom is 0.172 e. The quantitative estimate of drug-likeness (QED) is 0.567. The molecule has 3 rings (SSSR count). The fourth-order valence-corrected chi connectivity index (χ4v) is 2.61. The molecule has 0 aliphatic heterocycles. The number of rotatable bonds is 0. The largest absolute Gasteiger partial charge is 0.326 e. The highest BCUT2D eigenvalue weighted by molar-refractivity contribution is 6.01. The normalized spacial score (nSPS) is 9.92. The lowest BCUT2D eigenvalue weighted by Crippen LogP contribution is -2.18. The summed E-state index contributed by atoms with van der Waals surface area (Å²) in [5, 5.41) is 36.3. The summed E-state index contributed by atoms with van der Waals surface area (Å²) in [6, 6.07) is 10.9. The highest BCUT2D eigenvalue weighted by Gasteiger charge is 2.14. The Morgan fingerprint density at radius 1 is 0.750 bits per heavy atom. The predicted molar refractivity (Wildman–Crippen MR) is 83.5 cm³/mol. The van der Waals surface area contributed by atoms with Crippen molar-refractivity contribution in [1.82, 2.24) is 19.1 Å². The topological polar surface area (TPSA) is 131 Å². The molecule has 0 aliphatic rings. The monoisotopic (exact) mass is 312 g/mol. The van der Waals surface area contributed by atoms with Gasteiger partial charge in [-0.2, -0.15) is 21.0 Å². The van der Waals surface area contributed by atoms with Crippen molar-refractivity contribution in [2.45, 2.75) is 0 Å². The maximum atomic E-state index is 9.07. The van der Waals surface area contributed by atoms with Gasteiger partial charge < -0.3 is 9.13 Å². The van der Waals surface area contributed by atoms with Crippen LogP contribution >= 0.6 is 0 Å². The van der Waals surface area contributed by atoms with Crippen LogP contribution in [0.1, 0.15) is 0 Å². The van der Waals surface area contributed by atoms with Gasteiger partial charge in [0.1, 0.15) is 35.3 Å². The highest BCUT2D eigenvalue weighted by atomic mass is 15.1. The third-order valence-electron chi connectivity index (χ3n) is 3.80. The fourth-order valence-electron chi connectivity index (χ4n) is 2.61. The maximum absolute atomic E-state index is 9.07. The third-order valence-corrected chi connectivity index (χ3v) is 3.80. The number of imidazole rings is 2. The van der Waals surface area contributed by atoms with Gasteiger partial charge in [-0.05, 0) is 12.1 Å².